The van der Waals surface area contributed by atoms with Crippen molar-refractivity contribution in [3.05, 3.63) is 52.2 Å². The molecule has 0 unspecified atom stereocenters. The number of hydrogen-bond acceptors (Lipinski definition) is 3. The van der Waals surface area contributed by atoms with E-state index < -0.39 is 0 Å². The fraction of sp³-hybridized carbons (Fsp3) is 0.154. The maximum Gasteiger partial charge on any atom is 0.228 e. The van der Waals surface area contributed by atoms with Crippen LogP contribution in [0.25, 0.3) is 0 Å². The summed E-state index contributed by atoms with van der Waals surface area (Å²) in [7, 11) is 0. The quantitative estimate of drug-likeness (QED) is 0.871. The summed E-state index contributed by atoms with van der Waals surface area (Å²) in [5.41, 5.74) is 2.41. The number of para-hydroxylation sites is 1. The molecule has 2 rings (SSSR count). The summed E-state index contributed by atoms with van der Waals surface area (Å²) in [6.07, 6.45) is 0.364. The Balaban J connectivity index is 2.03. The highest BCUT2D eigenvalue weighted by atomic mass is 32.1. The summed E-state index contributed by atoms with van der Waals surface area (Å²) in [5, 5.41) is 15.8. The molecule has 2 N–H and O–H groups in total. The number of nitrogens with one attached hydrogen (secondary N) is 1. The summed E-state index contributed by atoms with van der Waals surface area (Å²) in [5.74, 6) is -0.0655. The summed E-state index contributed by atoms with van der Waals surface area (Å²) >= 11 is 1.58. The van der Waals surface area contributed by atoms with Crippen LogP contribution in [-0.2, 0) is 17.8 Å². The molecule has 1 aromatic heterocycles. The molecule has 0 aliphatic heterocycles. The highest BCUT2D eigenvalue weighted by Crippen LogP contribution is 2.15. The smallest absolute Gasteiger partial charge is 0.228 e. The molecule has 0 aliphatic rings. The molecule has 1 aromatic carbocycles. The second kappa shape index (κ2) is 5.61. The average molecular weight is 247 g/mol. The zero-order valence-electron chi connectivity index (χ0n) is 9.22. The molecule has 1 heterocycles. The van der Waals surface area contributed by atoms with Crippen LogP contribution in [0.2, 0.25) is 0 Å². The normalized spacial score (nSPS) is 10.2. The number of thiophene rings is 1. The van der Waals surface area contributed by atoms with Crippen LogP contribution in [0, 0.1) is 0 Å². The second-order valence-electron chi connectivity index (χ2n) is 3.67. The molecular weight excluding hydrogens is 234 g/mol. The predicted octanol–water partition coefficient (Wildman–Crippen LogP) is 2.42. The van der Waals surface area contributed by atoms with E-state index in [1.807, 2.05) is 29.0 Å². The van der Waals surface area contributed by atoms with E-state index in [9.17, 15) is 4.79 Å². The lowest BCUT2D eigenvalue weighted by Crippen LogP contribution is -2.15. The highest BCUT2D eigenvalue weighted by Gasteiger charge is 2.06. The first-order valence-electron chi connectivity index (χ1n) is 5.29. The zero-order chi connectivity index (χ0) is 12.1. The van der Waals surface area contributed by atoms with Crippen molar-refractivity contribution < 1.29 is 9.90 Å². The van der Waals surface area contributed by atoms with Crippen LogP contribution in [0.4, 0.5) is 5.69 Å². The maximum atomic E-state index is 11.8. The molecule has 0 bridgehead atoms. The van der Waals surface area contributed by atoms with Crippen molar-refractivity contribution in [2.24, 2.45) is 0 Å². The van der Waals surface area contributed by atoms with Crippen molar-refractivity contribution in [1.29, 1.82) is 0 Å². The lowest BCUT2D eigenvalue weighted by Gasteiger charge is -2.08. The first-order chi connectivity index (χ1) is 8.29. The molecule has 17 heavy (non-hydrogen) atoms. The van der Waals surface area contributed by atoms with E-state index in [1.54, 1.807) is 23.5 Å². The number of aliphatic hydroxyl groups excluding tert-OH is 1. The molecular formula is C13H13NO2S. The van der Waals surface area contributed by atoms with E-state index in [0.717, 1.165) is 11.1 Å². The largest absolute Gasteiger partial charge is 0.392 e. The number of rotatable bonds is 4. The number of carbonyl (C=O) groups excluding carboxylic acids is 1. The maximum absolute atomic E-state index is 11.8. The number of amides is 1. The minimum atomic E-state index is -0.0745. The molecule has 0 saturated carbocycles. The van der Waals surface area contributed by atoms with E-state index in [1.165, 1.54) is 0 Å². The van der Waals surface area contributed by atoms with Gasteiger partial charge in [-0.1, -0.05) is 18.2 Å². The van der Waals surface area contributed by atoms with Gasteiger partial charge < -0.3 is 10.4 Å². The minimum Gasteiger partial charge on any atom is -0.392 e. The summed E-state index contributed by atoms with van der Waals surface area (Å²) in [4.78, 5) is 11.8. The number of benzene rings is 1. The van der Waals surface area contributed by atoms with Gasteiger partial charge in [0.2, 0.25) is 5.91 Å². The Labute approximate surface area is 104 Å². The third-order valence-electron chi connectivity index (χ3n) is 2.41. The highest BCUT2D eigenvalue weighted by molar-refractivity contribution is 7.08. The molecule has 0 radical (unpaired) electrons. The van der Waals surface area contributed by atoms with Crippen LogP contribution in [0.15, 0.2) is 41.1 Å². The summed E-state index contributed by atoms with van der Waals surface area (Å²) < 4.78 is 0. The van der Waals surface area contributed by atoms with Crippen molar-refractivity contribution in [3.8, 4) is 0 Å². The van der Waals surface area contributed by atoms with Gasteiger partial charge in [0.1, 0.15) is 0 Å². The van der Waals surface area contributed by atoms with E-state index in [-0.39, 0.29) is 12.5 Å². The summed E-state index contributed by atoms with van der Waals surface area (Å²) in [6.45, 7) is -0.0745. The van der Waals surface area contributed by atoms with Gasteiger partial charge in [-0.25, -0.2) is 0 Å². The standard InChI is InChI=1S/C13H13NO2S/c15-8-11-3-1-2-4-12(11)14-13(16)7-10-5-6-17-9-10/h1-6,9,15H,7-8H2,(H,14,16). The first-order valence-corrected chi connectivity index (χ1v) is 6.23. The van der Waals surface area contributed by atoms with Crippen LogP contribution in [0.3, 0.4) is 0 Å². The van der Waals surface area contributed by atoms with Gasteiger partial charge in [-0.15, -0.1) is 0 Å². The Morgan fingerprint density at radius 1 is 1.29 bits per heavy atom. The number of aliphatic hydroxyl groups is 1. The Morgan fingerprint density at radius 2 is 2.12 bits per heavy atom. The molecule has 3 nitrogen and oxygen atoms in total. The van der Waals surface area contributed by atoms with Crippen LogP contribution < -0.4 is 5.32 Å². The number of carbonyl (C=O) groups is 1. The van der Waals surface area contributed by atoms with Gasteiger partial charge in [0.25, 0.3) is 0 Å². The molecule has 0 fully saturated rings. The minimum absolute atomic E-state index is 0.0655. The van der Waals surface area contributed by atoms with E-state index in [0.29, 0.717) is 12.1 Å². The molecule has 0 spiro atoms. The van der Waals surface area contributed by atoms with Gasteiger partial charge in [0.15, 0.2) is 0 Å². The van der Waals surface area contributed by atoms with Crippen molar-refractivity contribution in [2.45, 2.75) is 13.0 Å². The number of hydrogen-bond donors (Lipinski definition) is 2. The third kappa shape index (κ3) is 3.15. The van der Waals surface area contributed by atoms with Gasteiger partial charge in [-0.3, -0.25) is 4.79 Å². The van der Waals surface area contributed by atoms with Gasteiger partial charge in [-0.05, 0) is 28.5 Å². The van der Waals surface area contributed by atoms with Crippen molar-refractivity contribution >= 4 is 22.9 Å². The third-order valence-corrected chi connectivity index (χ3v) is 3.14. The van der Waals surface area contributed by atoms with E-state index >= 15 is 0 Å². The van der Waals surface area contributed by atoms with Gasteiger partial charge in [-0.2, -0.15) is 11.3 Å². The molecule has 88 valence electrons. The fourth-order valence-corrected chi connectivity index (χ4v) is 2.22. The Morgan fingerprint density at radius 3 is 2.82 bits per heavy atom. The molecule has 0 aliphatic carbocycles. The molecule has 0 atom stereocenters. The lowest BCUT2D eigenvalue weighted by atomic mass is 10.1. The van der Waals surface area contributed by atoms with Crippen molar-refractivity contribution in [1.82, 2.24) is 0 Å². The van der Waals surface area contributed by atoms with Crippen molar-refractivity contribution in [3.63, 3.8) is 0 Å². The number of anilines is 1. The van der Waals surface area contributed by atoms with Gasteiger partial charge >= 0.3 is 0 Å². The van der Waals surface area contributed by atoms with Crippen LogP contribution in [-0.4, -0.2) is 11.0 Å². The lowest BCUT2D eigenvalue weighted by molar-refractivity contribution is -0.115. The fourth-order valence-electron chi connectivity index (χ4n) is 1.55. The first kappa shape index (κ1) is 11.8. The predicted molar refractivity (Wildman–Crippen MR) is 69.0 cm³/mol. The monoisotopic (exact) mass is 247 g/mol. The molecule has 2 aromatic rings. The van der Waals surface area contributed by atoms with Crippen molar-refractivity contribution in [2.75, 3.05) is 5.32 Å². The molecule has 0 saturated heterocycles. The van der Waals surface area contributed by atoms with Crippen LogP contribution >= 0.6 is 11.3 Å². The SMILES string of the molecule is O=C(Cc1ccsc1)Nc1ccccc1CO. The average Bonchev–Trinajstić information content (AvgIpc) is 2.82. The zero-order valence-corrected chi connectivity index (χ0v) is 10.0. The Kier molecular flexibility index (Phi) is 3.90. The van der Waals surface area contributed by atoms with E-state index in [2.05, 4.69) is 5.32 Å². The topological polar surface area (TPSA) is 49.3 Å². The van der Waals surface area contributed by atoms with Crippen LogP contribution in [0.1, 0.15) is 11.1 Å². The molecule has 4 heteroatoms. The van der Waals surface area contributed by atoms with E-state index in [4.69, 9.17) is 5.11 Å². The van der Waals surface area contributed by atoms with Gasteiger partial charge in [0, 0.05) is 11.3 Å². The second-order valence-corrected chi connectivity index (χ2v) is 4.45. The van der Waals surface area contributed by atoms with Crippen LogP contribution in [0.5, 0.6) is 0 Å². The Bertz CT molecular complexity index is 494. The summed E-state index contributed by atoms with van der Waals surface area (Å²) in [6, 6.07) is 9.18. The van der Waals surface area contributed by atoms with Gasteiger partial charge in [0.05, 0.1) is 13.0 Å². The molecule has 1 amide bonds. The Hall–Kier alpha value is -1.65.